The highest BCUT2D eigenvalue weighted by Gasteiger charge is 2.53. The Hall–Kier alpha value is -2.57. The maximum absolute atomic E-state index is 12.3. The summed E-state index contributed by atoms with van der Waals surface area (Å²) in [4.78, 5) is 37.8. The van der Waals surface area contributed by atoms with Gasteiger partial charge in [0.2, 0.25) is 0 Å². The number of esters is 2. The number of fused-ring (bicyclic) bond motifs is 2. The van der Waals surface area contributed by atoms with Crippen molar-refractivity contribution in [2.24, 2.45) is 11.7 Å². The number of rotatable bonds is 3. The van der Waals surface area contributed by atoms with E-state index in [4.69, 9.17) is 15.2 Å². The Labute approximate surface area is 139 Å². The van der Waals surface area contributed by atoms with Gasteiger partial charge in [0, 0.05) is 12.5 Å². The second-order valence-corrected chi connectivity index (χ2v) is 6.14. The molecule has 24 heavy (non-hydrogen) atoms. The average molecular weight is 332 g/mol. The predicted molar refractivity (Wildman–Crippen MR) is 84.0 cm³/mol. The molecule has 2 amide bonds. The highest BCUT2D eigenvalue weighted by atomic mass is 16.6. The fourth-order valence-corrected chi connectivity index (χ4v) is 3.85. The monoisotopic (exact) mass is 332 g/mol. The zero-order valence-electron chi connectivity index (χ0n) is 13.4. The molecule has 7 heteroatoms. The van der Waals surface area contributed by atoms with Gasteiger partial charge in [-0.3, -0.25) is 4.79 Å². The Bertz CT molecular complexity index is 648. The van der Waals surface area contributed by atoms with E-state index in [1.54, 1.807) is 30.3 Å². The number of amides is 2. The first kappa shape index (κ1) is 16.3. The summed E-state index contributed by atoms with van der Waals surface area (Å²) in [6.07, 6.45) is 1.14. The van der Waals surface area contributed by atoms with Gasteiger partial charge in [-0.1, -0.05) is 18.2 Å². The van der Waals surface area contributed by atoms with E-state index in [1.807, 2.05) is 0 Å². The number of piperidine rings is 1. The lowest BCUT2D eigenvalue weighted by atomic mass is 9.87. The number of benzene rings is 1. The van der Waals surface area contributed by atoms with Gasteiger partial charge in [-0.15, -0.1) is 0 Å². The molecule has 0 saturated carbocycles. The molecule has 4 unspecified atom stereocenters. The maximum Gasteiger partial charge on any atom is 0.338 e. The van der Waals surface area contributed by atoms with E-state index in [0.717, 1.165) is 6.42 Å². The number of methoxy groups -OCH3 is 1. The molecule has 2 aliphatic heterocycles. The summed E-state index contributed by atoms with van der Waals surface area (Å²) in [6.45, 7) is 0. The van der Waals surface area contributed by atoms with Crippen molar-refractivity contribution in [2.45, 2.75) is 37.5 Å². The van der Waals surface area contributed by atoms with Gasteiger partial charge < -0.3 is 20.1 Å². The van der Waals surface area contributed by atoms with Crippen LogP contribution in [0.4, 0.5) is 4.79 Å². The SMILES string of the molecule is COC(=O)C1C(OC(=O)c2ccccc2)CC2CCC1N2C(N)=O. The van der Waals surface area contributed by atoms with Crippen molar-refractivity contribution >= 4 is 18.0 Å². The van der Waals surface area contributed by atoms with Gasteiger partial charge in [0.25, 0.3) is 0 Å². The van der Waals surface area contributed by atoms with Gasteiger partial charge >= 0.3 is 18.0 Å². The molecule has 4 atom stereocenters. The predicted octanol–water partition coefficient (Wildman–Crippen LogP) is 1.32. The lowest BCUT2D eigenvalue weighted by molar-refractivity contribution is -0.155. The van der Waals surface area contributed by atoms with E-state index in [-0.39, 0.29) is 12.1 Å². The summed E-state index contributed by atoms with van der Waals surface area (Å²) in [5.41, 5.74) is 5.88. The zero-order valence-corrected chi connectivity index (χ0v) is 13.4. The molecule has 0 aliphatic carbocycles. The Balaban J connectivity index is 1.83. The molecule has 2 saturated heterocycles. The van der Waals surface area contributed by atoms with Crippen molar-refractivity contribution in [2.75, 3.05) is 7.11 Å². The molecule has 2 bridgehead atoms. The summed E-state index contributed by atoms with van der Waals surface area (Å²) in [7, 11) is 1.29. The number of hydrogen-bond acceptors (Lipinski definition) is 5. The molecule has 1 aromatic rings. The summed E-state index contributed by atoms with van der Waals surface area (Å²) in [6, 6.07) is 7.56. The van der Waals surface area contributed by atoms with Crippen molar-refractivity contribution in [3.05, 3.63) is 35.9 Å². The Morgan fingerprint density at radius 2 is 1.88 bits per heavy atom. The largest absolute Gasteiger partial charge is 0.469 e. The highest BCUT2D eigenvalue weighted by molar-refractivity contribution is 5.90. The van der Waals surface area contributed by atoms with Crippen LogP contribution < -0.4 is 5.73 Å². The van der Waals surface area contributed by atoms with Crippen LogP contribution in [0.25, 0.3) is 0 Å². The van der Waals surface area contributed by atoms with Crippen molar-refractivity contribution in [3.8, 4) is 0 Å². The summed E-state index contributed by atoms with van der Waals surface area (Å²) in [5, 5.41) is 0. The molecule has 2 heterocycles. The normalized spacial score (nSPS) is 28.3. The molecule has 2 N–H and O–H groups in total. The number of urea groups is 1. The number of carbonyl (C=O) groups excluding carboxylic acids is 3. The molecule has 3 rings (SSSR count). The van der Waals surface area contributed by atoms with Crippen LogP contribution in [0.3, 0.4) is 0 Å². The molecular weight excluding hydrogens is 312 g/mol. The number of ether oxygens (including phenoxy) is 2. The molecule has 2 aliphatic rings. The van der Waals surface area contributed by atoms with Crippen LogP contribution in [-0.4, -0.2) is 48.2 Å². The van der Waals surface area contributed by atoms with Crippen molar-refractivity contribution < 1.29 is 23.9 Å². The van der Waals surface area contributed by atoms with Crippen molar-refractivity contribution in [1.82, 2.24) is 4.90 Å². The third-order valence-electron chi connectivity index (χ3n) is 4.86. The van der Waals surface area contributed by atoms with E-state index >= 15 is 0 Å². The molecule has 7 nitrogen and oxygen atoms in total. The fourth-order valence-electron chi connectivity index (χ4n) is 3.85. The Morgan fingerprint density at radius 1 is 1.17 bits per heavy atom. The topological polar surface area (TPSA) is 98.9 Å². The fraction of sp³-hybridized carbons (Fsp3) is 0.471. The van der Waals surface area contributed by atoms with Gasteiger partial charge in [0.1, 0.15) is 12.0 Å². The average Bonchev–Trinajstić information content (AvgIpc) is 2.90. The van der Waals surface area contributed by atoms with Crippen LogP contribution in [0, 0.1) is 5.92 Å². The van der Waals surface area contributed by atoms with E-state index in [2.05, 4.69) is 0 Å². The van der Waals surface area contributed by atoms with Gasteiger partial charge in [-0.2, -0.15) is 0 Å². The van der Waals surface area contributed by atoms with Crippen molar-refractivity contribution in [3.63, 3.8) is 0 Å². The summed E-state index contributed by atoms with van der Waals surface area (Å²) < 4.78 is 10.5. The standard InChI is InChI=1S/C17H20N2O5/c1-23-16(21)14-12-8-7-11(19(12)17(18)22)9-13(14)24-15(20)10-5-3-2-4-6-10/h2-6,11-14H,7-9H2,1H3,(H2,18,22). The minimum atomic E-state index is -0.714. The van der Waals surface area contributed by atoms with Crippen LogP contribution in [-0.2, 0) is 14.3 Å². The minimum Gasteiger partial charge on any atom is -0.469 e. The van der Waals surface area contributed by atoms with Crippen LogP contribution >= 0.6 is 0 Å². The number of nitrogens with zero attached hydrogens (tertiary/aromatic N) is 1. The zero-order chi connectivity index (χ0) is 17.3. The number of hydrogen-bond donors (Lipinski definition) is 1. The molecule has 2 fully saturated rings. The molecular formula is C17H20N2O5. The first-order valence-electron chi connectivity index (χ1n) is 7.94. The van der Waals surface area contributed by atoms with Gasteiger partial charge in [-0.05, 0) is 25.0 Å². The molecule has 0 spiro atoms. The summed E-state index contributed by atoms with van der Waals surface area (Å²) in [5.74, 6) is -1.69. The van der Waals surface area contributed by atoms with E-state index in [0.29, 0.717) is 18.4 Å². The highest BCUT2D eigenvalue weighted by Crippen LogP contribution is 2.41. The van der Waals surface area contributed by atoms with E-state index in [9.17, 15) is 14.4 Å². The van der Waals surface area contributed by atoms with Gasteiger partial charge in [0.15, 0.2) is 0 Å². The van der Waals surface area contributed by atoms with Crippen LogP contribution in [0.5, 0.6) is 0 Å². The number of nitrogens with two attached hydrogens (primary N) is 1. The second-order valence-electron chi connectivity index (χ2n) is 6.14. The van der Waals surface area contributed by atoms with E-state index in [1.165, 1.54) is 12.0 Å². The first-order valence-corrected chi connectivity index (χ1v) is 7.94. The van der Waals surface area contributed by atoms with Crippen molar-refractivity contribution in [1.29, 1.82) is 0 Å². The molecule has 1 aromatic carbocycles. The minimum absolute atomic E-state index is 0.109. The van der Waals surface area contributed by atoms with Gasteiger partial charge in [-0.25, -0.2) is 9.59 Å². The smallest absolute Gasteiger partial charge is 0.338 e. The van der Waals surface area contributed by atoms with Crippen LogP contribution in [0.15, 0.2) is 30.3 Å². The lowest BCUT2D eigenvalue weighted by Gasteiger charge is -2.41. The third-order valence-corrected chi connectivity index (χ3v) is 4.86. The molecule has 128 valence electrons. The molecule has 0 aromatic heterocycles. The van der Waals surface area contributed by atoms with Crippen LogP contribution in [0.1, 0.15) is 29.6 Å². The summed E-state index contributed by atoms with van der Waals surface area (Å²) >= 11 is 0. The Morgan fingerprint density at radius 3 is 2.50 bits per heavy atom. The van der Waals surface area contributed by atoms with E-state index < -0.39 is 30.0 Å². The number of primary amides is 1. The maximum atomic E-state index is 12.3. The second kappa shape index (κ2) is 6.51. The van der Waals surface area contributed by atoms with Gasteiger partial charge in [0.05, 0.1) is 18.7 Å². The van der Waals surface area contributed by atoms with Crippen LogP contribution in [0.2, 0.25) is 0 Å². The first-order chi connectivity index (χ1) is 11.5. The lowest BCUT2D eigenvalue weighted by Crippen LogP contribution is -2.58. The Kier molecular flexibility index (Phi) is 4.42. The third kappa shape index (κ3) is 2.81. The number of carbonyl (C=O) groups is 3. The quantitative estimate of drug-likeness (QED) is 0.842. The molecule has 0 radical (unpaired) electrons.